The minimum atomic E-state index is -0.303. The second kappa shape index (κ2) is 11.9. The zero-order valence-corrected chi connectivity index (χ0v) is 21.1. The fourth-order valence-electron chi connectivity index (χ4n) is 3.52. The lowest BCUT2D eigenvalue weighted by atomic mass is 10.2. The van der Waals surface area contributed by atoms with Gasteiger partial charge in [0.05, 0.1) is 16.7 Å². The molecule has 9 nitrogen and oxygen atoms in total. The van der Waals surface area contributed by atoms with E-state index in [1.165, 1.54) is 4.57 Å². The van der Waals surface area contributed by atoms with Crippen molar-refractivity contribution in [3.8, 4) is 0 Å². The Morgan fingerprint density at radius 1 is 1.11 bits per heavy atom. The van der Waals surface area contributed by atoms with Crippen molar-refractivity contribution in [2.24, 2.45) is 0 Å². The van der Waals surface area contributed by atoms with Crippen LogP contribution >= 0.6 is 23.4 Å². The molecule has 2 aromatic carbocycles. The summed E-state index contributed by atoms with van der Waals surface area (Å²) in [5.41, 5.74) is 1.24. The number of para-hydroxylation sites is 1. The average molecular weight is 526 g/mol. The van der Waals surface area contributed by atoms with Gasteiger partial charge in [0, 0.05) is 30.6 Å². The van der Waals surface area contributed by atoms with Crippen molar-refractivity contribution < 1.29 is 14.1 Å². The maximum absolute atomic E-state index is 13.2. The lowest BCUT2D eigenvalue weighted by molar-refractivity contribution is -0.121. The van der Waals surface area contributed by atoms with Gasteiger partial charge >= 0.3 is 0 Å². The number of carbonyl (C=O) groups excluding carboxylic acids is 2. The summed E-state index contributed by atoms with van der Waals surface area (Å²) >= 11 is 7.13. The summed E-state index contributed by atoms with van der Waals surface area (Å²) in [5.74, 6) is 0.498. The monoisotopic (exact) mass is 525 g/mol. The molecule has 2 amide bonds. The number of nitrogens with one attached hydrogen (secondary N) is 2. The van der Waals surface area contributed by atoms with Crippen molar-refractivity contribution in [2.45, 2.75) is 38.0 Å². The molecule has 4 aromatic rings. The molecule has 0 saturated heterocycles. The number of nitrogens with zero attached hydrogens (tertiary/aromatic N) is 3. The number of aryl methyl sites for hydroxylation is 1. The van der Waals surface area contributed by atoms with Gasteiger partial charge in [0.2, 0.25) is 11.8 Å². The number of amides is 2. The highest BCUT2D eigenvalue weighted by Crippen LogP contribution is 2.19. The van der Waals surface area contributed by atoms with Crippen molar-refractivity contribution in [1.29, 1.82) is 0 Å². The minimum absolute atomic E-state index is 0.0246. The second-order valence-corrected chi connectivity index (χ2v) is 9.42. The van der Waals surface area contributed by atoms with Crippen LogP contribution in [-0.4, -0.2) is 32.3 Å². The van der Waals surface area contributed by atoms with E-state index in [0.29, 0.717) is 45.6 Å². The van der Waals surface area contributed by atoms with E-state index >= 15 is 0 Å². The predicted octanol–water partition coefficient (Wildman–Crippen LogP) is 4.17. The predicted molar refractivity (Wildman–Crippen MR) is 139 cm³/mol. The van der Waals surface area contributed by atoms with Gasteiger partial charge in [-0.25, -0.2) is 4.98 Å². The zero-order valence-electron chi connectivity index (χ0n) is 19.5. The number of aromatic nitrogens is 3. The first-order valence-electron chi connectivity index (χ1n) is 11.3. The number of rotatable bonds is 10. The molecule has 4 rings (SSSR count). The van der Waals surface area contributed by atoms with Gasteiger partial charge in [-0.2, -0.15) is 0 Å². The molecule has 2 heterocycles. The summed E-state index contributed by atoms with van der Waals surface area (Å²) in [4.78, 5) is 42.5. The fourth-order valence-corrected chi connectivity index (χ4v) is 4.56. The number of hydrogen-bond acceptors (Lipinski definition) is 7. The van der Waals surface area contributed by atoms with E-state index in [4.69, 9.17) is 16.1 Å². The summed E-state index contributed by atoms with van der Waals surface area (Å²) in [6.45, 7) is 2.39. The molecule has 186 valence electrons. The van der Waals surface area contributed by atoms with Gasteiger partial charge in [-0.15, -0.1) is 0 Å². The number of anilines is 1. The molecule has 0 atom stereocenters. The van der Waals surface area contributed by atoms with Crippen LogP contribution in [0.15, 0.2) is 69.1 Å². The summed E-state index contributed by atoms with van der Waals surface area (Å²) in [7, 11) is 0. The van der Waals surface area contributed by atoms with E-state index in [2.05, 4.69) is 20.8 Å². The summed E-state index contributed by atoms with van der Waals surface area (Å²) in [6, 6.07) is 16.0. The standard InChI is InChI=1S/C25H24ClN5O4S/c1-16-12-21(30-35-16)29-23(33)15-36-25-28-20-9-3-2-8-19(20)24(34)31(25)11-5-10-22(32)27-14-17-6-4-7-18(26)13-17/h2-4,6-9,12-13H,5,10-11,14-15H2,1H3,(H,27,32)(H,29,30,33). The molecule has 11 heteroatoms. The van der Waals surface area contributed by atoms with E-state index < -0.39 is 0 Å². The molecule has 2 aromatic heterocycles. The van der Waals surface area contributed by atoms with Crippen molar-refractivity contribution in [3.05, 3.63) is 81.3 Å². The van der Waals surface area contributed by atoms with Crippen LogP contribution in [0.5, 0.6) is 0 Å². The third-order valence-electron chi connectivity index (χ3n) is 5.22. The van der Waals surface area contributed by atoms with Crippen LogP contribution in [0.3, 0.4) is 0 Å². The molecule has 0 bridgehead atoms. The highest BCUT2D eigenvalue weighted by atomic mass is 35.5. The summed E-state index contributed by atoms with van der Waals surface area (Å²) < 4.78 is 6.47. The maximum atomic E-state index is 13.2. The second-order valence-electron chi connectivity index (χ2n) is 8.04. The van der Waals surface area contributed by atoms with Gasteiger partial charge in [0.1, 0.15) is 5.76 Å². The van der Waals surface area contributed by atoms with Crippen LogP contribution in [0.1, 0.15) is 24.2 Å². The number of halogens is 1. The smallest absolute Gasteiger partial charge is 0.262 e. The molecular weight excluding hydrogens is 502 g/mol. The van der Waals surface area contributed by atoms with Crippen LogP contribution in [-0.2, 0) is 22.7 Å². The van der Waals surface area contributed by atoms with Crippen LogP contribution in [0.2, 0.25) is 5.02 Å². The van der Waals surface area contributed by atoms with Gasteiger partial charge in [0.25, 0.3) is 5.56 Å². The van der Waals surface area contributed by atoms with Crippen LogP contribution < -0.4 is 16.2 Å². The topological polar surface area (TPSA) is 119 Å². The number of benzene rings is 2. The first-order valence-corrected chi connectivity index (χ1v) is 12.6. The Hall–Kier alpha value is -3.63. The molecule has 0 aliphatic rings. The Kier molecular flexibility index (Phi) is 8.40. The normalized spacial score (nSPS) is 10.9. The Morgan fingerprint density at radius 3 is 2.72 bits per heavy atom. The molecule has 0 unspecified atom stereocenters. The van der Waals surface area contributed by atoms with E-state index in [9.17, 15) is 14.4 Å². The van der Waals surface area contributed by atoms with Crippen molar-refractivity contribution in [1.82, 2.24) is 20.0 Å². The quantitative estimate of drug-likeness (QED) is 0.235. The lowest BCUT2D eigenvalue weighted by Gasteiger charge is -2.13. The maximum Gasteiger partial charge on any atom is 0.262 e. The molecule has 0 saturated carbocycles. The molecule has 2 N–H and O–H groups in total. The van der Waals surface area contributed by atoms with Gasteiger partial charge in [-0.1, -0.05) is 52.8 Å². The van der Waals surface area contributed by atoms with E-state index in [-0.39, 0.29) is 36.1 Å². The Morgan fingerprint density at radius 2 is 1.94 bits per heavy atom. The number of fused-ring (bicyclic) bond motifs is 1. The number of hydrogen-bond donors (Lipinski definition) is 2. The average Bonchev–Trinajstić information content (AvgIpc) is 3.27. The Labute approximate surface area is 216 Å². The molecule has 0 spiro atoms. The highest BCUT2D eigenvalue weighted by Gasteiger charge is 2.15. The largest absolute Gasteiger partial charge is 0.360 e. The van der Waals surface area contributed by atoms with Crippen molar-refractivity contribution in [3.63, 3.8) is 0 Å². The van der Waals surface area contributed by atoms with Gasteiger partial charge < -0.3 is 15.2 Å². The van der Waals surface area contributed by atoms with Crippen LogP contribution in [0.25, 0.3) is 10.9 Å². The highest BCUT2D eigenvalue weighted by molar-refractivity contribution is 7.99. The summed E-state index contributed by atoms with van der Waals surface area (Å²) in [5, 5.41) is 10.8. The fraction of sp³-hybridized carbons (Fsp3) is 0.240. The van der Waals surface area contributed by atoms with Gasteiger partial charge in [-0.05, 0) is 43.2 Å². The molecule has 36 heavy (non-hydrogen) atoms. The minimum Gasteiger partial charge on any atom is -0.360 e. The Balaban J connectivity index is 1.40. The van der Waals surface area contributed by atoms with Crippen LogP contribution in [0.4, 0.5) is 5.82 Å². The number of carbonyl (C=O) groups is 2. The Bertz CT molecular complexity index is 1450. The molecular formula is C25H24ClN5O4S. The van der Waals surface area contributed by atoms with Crippen molar-refractivity contribution in [2.75, 3.05) is 11.1 Å². The molecule has 0 aliphatic heterocycles. The van der Waals surface area contributed by atoms with E-state index in [1.807, 2.05) is 12.1 Å². The molecule has 0 radical (unpaired) electrons. The lowest BCUT2D eigenvalue weighted by Crippen LogP contribution is -2.26. The van der Waals surface area contributed by atoms with Crippen molar-refractivity contribution >= 4 is 51.9 Å². The zero-order chi connectivity index (χ0) is 25.5. The first-order chi connectivity index (χ1) is 17.4. The number of thioether (sulfide) groups is 1. The molecule has 0 fully saturated rings. The van der Waals surface area contributed by atoms with Gasteiger partial charge in [-0.3, -0.25) is 19.0 Å². The third-order valence-corrected chi connectivity index (χ3v) is 6.43. The summed E-state index contributed by atoms with van der Waals surface area (Å²) in [6.07, 6.45) is 0.662. The third kappa shape index (κ3) is 6.73. The molecule has 0 aliphatic carbocycles. The van der Waals surface area contributed by atoms with E-state index in [1.54, 1.807) is 49.4 Å². The SMILES string of the molecule is Cc1cc(NC(=O)CSc2nc3ccccc3c(=O)n2CCCC(=O)NCc2cccc(Cl)c2)no1. The van der Waals surface area contributed by atoms with E-state index in [0.717, 1.165) is 17.3 Å². The van der Waals surface area contributed by atoms with Gasteiger partial charge in [0.15, 0.2) is 11.0 Å². The first kappa shape index (κ1) is 25.5. The van der Waals surface area contributed by atoms with Crippen LogP contribution in [0, 0.1) is 6.92 Å².